The SMILES string of the molecule is C=CCCCOC(=O)[C@H]1[C@@H]2SC3(CC2Br)C(C(=O)N(CC=C)CCCCC)N(CCCCCCO)C(=O)[C@H]13. The van der Waals surface area contributed by atoms with Crippen molar-refractivity contribution in [2.45, 2.75) is 92.0 Å². The molecule has 0 aromatic rings. The summed E-state index contributed by atoms with van der Waals surface area (Å²) in [4.78, 5) is 45.4. The maximum absolute atomic E-state index is 14.3. The van der Waals surface area contributed by atoms with Crippen LogP contribution >= 0.6 is 27.7 Å². The van der Waals surface area contributed by atoms with E-state index in [0.717, 1.165) is 51.4 Å². The molecule has 0 radical (unpaired) electrons. The van der Waals surface area contributed by atoms with Crippen LogP contribution in [-0.2, 0) is 19.1 Å². The predicted molar refractivity (Wildman–Crippen MR) is 156 cm³/mol. The van der Waals surface area contributed by atoms with Gasteiger partial charge in [0.05, 0.1) is 23.2 Å². The van der Waals surface area contributed by atoms with Gasteiger partial charge in [-0.05, 0) is 38.5 Å². The van der Waals surface area contributed by atoms with Crippen molar-refractivity contribution in [3.05, 3.63) is 25.3 Å². The van der Waals surface area contributed by atoms with Gasteiger partial charge >= 0.3 is 5.97 Å². The van der Waals surface area contributed by atoms with Crippen LogP contribution in [0, 0.1) is 11.8 Å². The molecular formula is C29H45BrN2O5S. The number of rotatable bonds is 18. The van der Waals surface area contributed by atoms with Gasteiger partial charge in [-0.2, -0.15) is 0 Å². The summed E-state index contributed by atoms with van der Waals surface area (Å²) >= 11 is 5.47. The summed E-state index contributed by atoms with van der Waals surface area (Å²) in [5.74, 6) is -1.54. The number of alkyl halides is 1. The molecule has 3 aliphatic heterocycles. The van der Waals surface area contributed by atoms with Gasteiger partial charge in [-0.25, -0.2) is 0 Å². The molecule has 3 rings (SSSR count). The molecule has 3 aliphatic rings. The highest BCUT2D eigenvalue weighted by Gasteiger charge is 2.76. The number of ether oxygens (including phenoxy) is 1. The molecule has 1 spiro atoms. The number of aliphatic hydroxyl groups is 1. The third-order valence-electron chi connectivity index (χ3n) is 8.09. The number of esters is 1. The van der Waals surface area contributed by atoms with Crippen LogP contribution < -0.4 is 0 Å². The van der Waals surface area contributed by atoms with Crippen molar-refractivity contribution in [3.8, 4) is 0 Å². The minimum absolute atomic E-state index is 0.0277. The topological polar surface area (TPSA) is 87.2 Å². The third kappa shape index (κ3) is 6.52. The summed E-state index contributed by atoms with van der Waals surface area (Å²) in [6.45, 7) is 11.8. The Morgan fingerprint density at radius 1 is 1.18 bits per heavy atom. The number of thioether (sulfide) groups is 1. The molecule has 0 aliphatic carbocycles. The van der Waals surface area contributed by atoms with E-state index in [2.05, 4.69) is 36.0 Å². The molecule has 7 nitrogen and oxygen atoms in total. The molecule has 38 heavy (non-hydrogen) atoms. The lowest BCUT2D eigenvalue weighted by atomic mass is 9.71. The smallest absolute Gasteiger partial charge is 0.310 e. The Morgan fingerprint density at radius 3 is 2.63 bits per heavy atom. The maximum atomic E-state index is 14.3. The van der Waals surface area contributed by atoms with Crippen LogP contribution in [0.1, 0.15) is 71.1 Å². The summed E-state index contributed by atoms with van der Waals surface area (Å²) in [5, 5.41) is 9.04. The fourth-order valence-electron chi connectivity index (χ4n) is 6.34. The van der Waals surface area contributed by atoms with Crippen LogP contribution in [0.4, 0.5) is 0 Å². The molecule has 9 heteroatoms. The Labute approximate surface area is 240 Å². The standard InChI is InChI=1S/C29H45BrN2O5S/c1-4-7-11-16-31(15-6-3)27(35)25-29-20-21(30)24(38-29)22(28(36)37-19-14-8-5-2)23(29)26(34)32(25)17-12-9-10-13-18-33/h5-6,21-25,33H,2-4,7-20H2,1H3/t21?,22-,23+,24-,25?,29?/m1/s1. The summed E-state index contributed by atoms with van der Waals surface area (Å²) < 4.78 is 5.02. The van der Waals surface area contributed by atoms with E-state index in [1.165, 1.54) is 0 Å². The molecule has 1 N–H and O–H groups in total. The molecule has 3 saturated heterocycles. The third-order valence-corrected chi connectivity index (χ3v) is 11.3. The number of carbonyl (C=O) groups is 3. The molecule has 3 fully saturated rings. The van der Waals surface area contributed by atoms with E-state index in [-0.39, 0.29) is 34.5 Å². The van der Waals surface area contributed by atoms with Crippen LogP contribution in [0.25, 0.3) is 0 Å². The number of likely N-dealkylation sites (tertiary alicyclic amines) is 1. The van der Waals surface area contributed by atoms with Gasteiger partial charge in [-0.1, -0.05) is 60.7 Å². The Morgan fingerprint density at radius 2 is 1.95 bits per heavy atom. The average Bonchev–Trinajstić information content (AvgIpc) is 3.49. The maximum Gasteiger partial charge on any atom is 0.310 e. The lowest BCUT2D eigenvalue weighted by Crippen LogP contribution is -2.55. The van der Waals surface area contributed by atoms with Crippen molar-refractivity contribution in [3.63, 3.8) is 0 Å². The number of unbranched alkanes of at least 4 members (excludes halogenated alkanes) is 6. The second-order valence-corrected chi connectivity index (χ2v) is 13.4. The Hall–Kier alpha value is -1.32. The molecule has 214 valence electrons. The highest BCUT2D eigenvalue weighted by molar-refractivity contribution is 9.09. The van der Waals surface area contributed by atoms with Crippen LogP contribution in [0.2, 0.25) is 0 Å². The monoisotopic (exact) mass is 612 g/mol. The molecule has 6 atom stereocenters. The average molecular weight is 614 g/mol. The highest BCUT2D eigenvalue weighted by Crippen LogP contribution is 2.68. The van der Waals surface area contributed by atoms with E-state index in [1.54, 1.807) is 28.8 Å². The number of fused-ring (bicyclic) bond motifs is 1. The second-order valence-electron chi connectivity index (χ2n) is 10.7. The summed E-state index contributed by atoms with van der Waals surface area (Å²) in [7, 11) is 0. The quantitative estimate of drug-likeness (QED) is 0.104. The van der Waals surface area contributed by atoms with Crippen LogP contribution in [0.3, 0.4) is 0 Å². The molecular weight excluding hydrogens is 568 g/mol. The Bertz CT molecular complexity index is 857. The van der Waals surface area contributed by atoms with E-state index in [0.29, 0.717) is 39.1 Å². The fourth-order valence-corrected chi connectivity index (χ4v) is 9.93. The van der Waals surface area contributed by atoms with Gasteiger partial charge < -0.3 is 19.6 Å². The van der Waals surface area contributed by atoms with E-state index >= 15 is 0 Å². The van der Waals surface area contributed by atoms with Gasteiger partial charge in [0.2, 0.25) is 11.8 Å². The van der Waals surface area contributed by atoms with Gasteiger partial charge in [-0.3, -0.25) is 14.4 Å². The first-order chi connectivity index (χ1) is 18.4. The van der Waals surface area contributed by atoms with E-state index < -0.39 is 22.6 Å². The summed E-state index contributed by atoms with van der Waals surface area (Å²) in [6, 6.07) is -0.604. The van der Waals surface area contributed by atoms with E-state index in [1.807, 2.05) is 4.90 Å². The lowest BCUT2D eigenvalue weighted by Gasteiger charge is -2.38. The molecule has 0 saturated carbocycles. The normalized spacial score (nSPS) is 29.4. The molecule has 0 aromatic heterocycles. The van der Waals surface area contributed by atoms with E-state index in [9.17, 15) is 14.4 Å². The van der Waals surface area contributed by atoms with Gasteiger partial charge in [-0.15, -0.1) is 24.9 Å². The van der Waals surface area contributed by atoms with Gasteiger partial charge in [0, 0.05) is 36.3 Å². The number of amides is 2. The zero-order valence-electron chi connectivity index (χ0n) is 22.8. The second kappa shape index (κ2) is 14.9. The number of aliphatic hydroxyl groups excluding tert-OH is 1. The van der Waals surface area contributed by atoms with Gasteiger partial charge in [0.15, 0.2) is 0 Å². The van der Waals surface area contributed by atoms with E-state index in [4.69, 9.17) is 9.84 Å². The lowest BCUT2D eigenvalue weighted by molar-refractivity contribution is -0.154. The van der Waals surface area contributed by atoms with Crippen molar-refractivity contribution >= 4 is 45.5 Å². The first kappa shape index (κ1) is 31.2. The van der Waals surface area contributed by atoms with Crippen molar-refractivity contribution in [1.82, 2.24) is 9.80 Å². The van der Waals surface area contributed by atoms with Crippen molar-refractivity contribution in [2.24, 2.45) is 11.8 Å². The highest BCUT2D eigenvalue weighted by atomic mass is 79.9. The number of allylic oxidation sites excluding steroid dienone is 1. The van der Waals surface area contributed by atoms with Gasteiger partial charge in [0.1, 0.15) is 6.04 Å². The van der Waals surface area contributed by atoms with Crippen LogP contribution in [0.5, 0.6) is 0 Å². The Balaban J connectivity index is 1.90. The first-order valence-electron chi connectivity index (χ1n) is 14.3. The molecule has 3 unspecified atom stereocenters. The number of hydrogen-bond donors (Lipinski definition) is 1. The predicted octanol–water partition coefficient (Wildman–Crippen LogP) is 4.72. The summed E-state index contributed by atoms with van der Waals surface area (Å²) in [6.07, 6.45) is 12.0. The fraction of sp³-hybridized carbons (Fsp3) is 0.759. The zero-order chi connectivity index (χ0) is 27.7. The Kier molecular flexibility index (Phi) is 12.2. The number of halogens is 1. The van der Waals surface area contributed by atoms with Crippen molar-refractivity contribution in [1.29, 1.82) is 0 Å². The number of hydrogen-bond acceptors (Lipinski definition) is 6. The largest absolute Gasteiger partial charge is 0.465 e. The molecule has 2 amide bonds. The summed E-state index contributed by atoms with van der Waals surface area (Å²) in [5.41, 5.74) is 0. The molecule has 3 heterocycles. The van der Waals surface area contributed by atoms with Crippen molar-refractivity contribution in [2.75, 3.05) is 32.8 Å². The van der Waals surface area contributed by atoms with Crippen LogP contribution in [0.15, 0.2) is 25.3 Å². The molecule has 0 aromatic carbocycles. The number of carbonyl (C=O) groups excluding carboxylic acids is 3. The van der Waals surface area contributed by atoms with Gasteiger partial charge in [0.25, 0.3) is 0 Å². The number of nitrogens with zero attached hydrogens (tertiary/aromatic N) is 2. The molecule has 2 bridgehead atoms. The van der Waals surface area contributed by atoms with Crippen molar-refractivity contribution < 1.29 is 24.2 Å². The zero-order valence-corrected chi connectivity index (χ0v) is 25.2. The van der Waals surface area contributed by atoms with Crippen LogP contribution in [-0.4, -0.2) is 86.4 Å². The first-order valence-corrected chi connectivity index (χ1v) is 16.1. The minimum Gasteiger partial charge on any atom is -0.465 e. The minimum atomic E-state index is -0.646.